The van der Waals surface area contributed by atoms with E-state index in [-0.39, 0.29) is 24.3 Å². The molecule has 3 aromatic heterocycles. The van der Waals surface area contributed by atoms with Gasteiger partial charge >= 0.3 is 0 Å². The van der Waals surface area contributed by atoms with Crippen LogP contribution in [0.5, 0.6) is 0 Å². The number of aliphatic hydroxyl groups excluding tert-OH is 1. The fraction of sp³-hybridized carbons (Fsp3) is 0.250. The van der Waals surface area contributed by atoms with E-state index in [1.807, 2.05) is 56.7 Å². The van der Waals surface area contributed by atoms with E-state index >= 15 is 0 Å². The molecule has 4 N–H and O–H groups in total. The predicted octanol–water partition coefficient (Wildman–Crippen LogP) is 3.16. The Kier molecular flexibility index (Phi) is 4.86. The molecule has 1 aliphatic rings. The molecular formula is C24H24N6O2. The van der Waals surface area contributed by atoms with E-state index in [1.54, 1.807) is 10.9 Å². The van der Waals surface area contributed by atoms with Crippen LogP contribution in [0.2, 0.25) is 0 Å². The van der Waals surface area contributed by atoms with Gasteiger partial charge in [-0.05, 0) is 59.5 Å². The molecule has 0 radical (unpaired) electrons. The minimum Gasteiger partial charge on any atom is -0.392 e. The zero-order valence-electron chi connectivity index (χ0n) is 17.9. The van der Waals surface area contributed by atoms with E-state index in [2.05, 4.69) is 20.4 Å². The van der Waals surface area contributed by atoms with Crippen molar-refractivity contribution in [2.75, 3.05) is 11.1 Å². The van der Waals surface area contributed by atoms with Crippen LogP contribution >= 0.6 is 0 Å². The SMILES string of the molecule is Cc1ccc(CO)cc1-c1cc2cc(NC(=O)[C@@H]3C[C@H]3c3cnn(C)c3)ncc2c(N)n1. The Bertz CT molecular complexity index is 1350. The topological polar surface area (TPSA) is 119 Å². The van der Waals surface area contributed by atoms with E-state index in [9.17, 15) is 9.90 Å². The van der Waals surface area contributed by atoms with Gasteiger partial charge in [-0.3, -0.25) is 9.48 Å². The number of rotatable bonds is 5. The van der Waals surface area contributed by atoms with E-state index in [0.29, 0.717) is 17.3 Å². The number of aromatic nitrogens is 4. The highest BCUT2D eigenvalue weighted by Gasteiger charge is 2.44. The van der Waals surface area contributed by atoms with Crippen LogP contribution in [-0.4, -0.2) is 30.8 Å². The summed E-state index contributed by atoms with van der Waals surface area (Å²) in [4.78, 5) is 21.6. The zero-order valence-corrected chi connectivity index (χ0v) is 17.9. The van der Waals surface area contributed by atoms with Gasteiger partial charge in [-0.2, -0.15) is 5.10 Å². The van der Waals surface area contributed by atoms with E-state index in [4.69, 9.17) is 5.73 Å². The molecular weight excluding hydrogens is 404 g/mol. The smallest absolute Gasteiger partial charge is 0.229 e. The number of carbonyl (C=O) groups is 1. The van der Waals surface area contributed by atoms with Gasteiger partial charge in [0.05, 0.1) is 18.5 Å². The third-order valence-electron chi connectivity index (χ3n) is 6.04. The Morgan fingerprint density at radius 3 is 2.88 bits per heavy atom. The minimum atomic E-state index is -0.0707. The summed E-state index contributed by atoms with van der Waals surface area (Å²) in [5, 5.41) is 18.2. The predicted molar refractivity (Wildman–Crippen MR) is 123 cm³/mol. The molecule has 32 heavy (non-hydrogen) atoms. The number of aliphatic hydroxyl groups is 1. The molecule has 0 bridgehead atoms. The number of nitrogen functional groups attached to an aromatic ring is 1. The zero-order chi connectivity index (χ0) is 22.4. The molecule has 1 fully saturated rings. The molecule has 0 spiro atoms. The number of pyridine rings is 2. The number of hydrogen-bond donors (Lipinski definition) is 3. The highest BCUT2D eigenvalue weighted by molar-refractivity contribution is 5.98. The Morgan fingerprint density at radius 2 is 2.12 bits per heavy atom. The van der Waals surface area contributed by atoms with Crippen molar-refractivity contribution in [2.45, 2.75) is 25.9 Å². The van der Waals surface area contributed by atoms with Crippen LogP contribution in [0.4, 0.5) is 11.6 Å². The maximum atomic E-state index is 12.7. The molecule has 1 amide bonds. The first-order valence-electron chi connectivity index (χ1n) is 10.5. The molecule has 8 nitrogen and oxygen atoms in total. The average Bonchev–Trinajstić information content (AvgIpc) is 3.47. The summed E-state index contributed by atoms with van der Waals surface area (Å²) >= 11 is 0. The van der Waals surface area contributed by atoms with Crippen LogP contribution in [0.25, 0.3) is 22.0 Å². The lowest BCUT2D eigenvalue weighted by molar-refractivity contribution is -0.117. The van der Waals surface area contributed by atoms with Gasteiger partial charge in [0.25, 0.3) is 0 Å². The first-order valence-corrected chi connectivity index (χ1v) is 10.5. The van der Waals surface area contributed by atoms with E-state index in [1.165, 1.54) is 0 Å². The van der Waals surface area contributed by atoms with Crippen molar-refractivity contribution < 1.29 is 9.90 Å². The number of aryl methyl sites for hydroxylation is 2. The van der Waals surface area contributed by atoms with Gasteiger partial charge in [-0.1, -0.05) is 12.1 Å². The number of benzene rings is 1. The number of nitrogens with two attached hydrogens (primary N) is 1. The maximum absolute atomic E-state index is 12.7. The molecule has 8 heteroatoms. The van der Waals surface area contributed by atoms with Crippen LogP contribution in [0.15, 0.2) is 48.9 Å². The fourth-order valence-corrected chi connectivity index (χ4v) is 4.13. The number of carbonyl (C=O) groups excluding carboxylic acids is 1. The summed E-state index contributed by atoms with van der Waals surface area (Å²) in [6.45, 7) is 1.95. The Labute approximate surface area is 185 Å². The summed E-state index contributed by atoms with van der Waals surface area (Å²) in [5.74, 6) is 0.947. The first kappa shape index (κ1) is 20.1. The van der Waals surface area contributed by atoms with Gasteiger partial charge in [0.15, 0.2) is 0 Å². The molecule has 162 valence electrons. The average molecular weight is 428 g/mol. The highest BCUT2D eigenvalue weighted by Crippen LogP contribution is 2.47. The van der Waals surface area contributed by atoms with Crippen molar-refractivity contribution in [3.63, 3.8) is 0 Å². The van der Waals surface area contributed by atoms with Crippen molar-refractivity contribution in [1.82, 2.24) is 19.7 Å². The maximum Gasteiger partial charge on any atom is 0.229 e. The van der Waals surface area contributed by atoms with Crippen molar-refractivity contribution in [1.29, 1.82) is 0 Å². The fourth-order valence-electron chi connectivity index (χ4n) is 4.13. The van der Waals surface area contributed by atoms with E-state index < -0.39 is 0 Å². The molecule has 1 saturated carbocycles. The van der Waals surface area contributed by atoms with Gasteiger partial charge in [0.1, 0.15) is 11.6 Å². The Hall–Kier alpha value is -3.78. The lowest BCUT2D eigenvalue weighted by atomic mass is 10.0. The summed E-state index contributed by atoms with van der Waals surface area (Å²) < 4.78 is 1.75. The molecule has 3 heterocycles. The second kappa shape index (κ2) is 7.72. The van der Waals surface area contributed by atoms with Crippen molar-refractivity contribution in [3.8, 4) is 11.3 Å². The Morgan fingerprint density at radius 1 is 1.28 bits per heavy atom. The van der Waals surface area contributed by atoms with Crippen molar-refractivity contribution in [2.24, 2.45) is 13.0 Å². The molecule has 1 aromatic carbocycles. The van der Waals surface area contributed by atoms with Gasteiger partial charge in [-0.15, -0.1) is 0 Å². The number of nitrogens with one attached hydrogen (secondary N) is 1. The Balaban J connectivity index is 1.42. The third-order valence-corrected chi connectivity index (χ3v) is 6.04. The molecule has 4 aromatic rings. The second-order valence-corrected chi connectivity index (χ2v) is 8.38. The summed E-state index contributed by atoms with van der Waals surface area (Å²) in [6, 6.07) is 9.51. The monoisotopic (exact) mass is 428 g/mol. The number of amides is 1. The third kappa shape index (κ3) is 3.69. The highest BCUT2D eigenvalue weighted by atomic mass is 16.3. The quantitative estimate of drug-likeness (QED) is 0.449. The summed E-state index contributed by atoms with van der Waals surface area (Å²) in [7, 11) is 1.87. The second-order valence-electron chi connectivity index (χ2n) is 8.38. The number of nitrogens with zero attached hydrogens (tertiary/aromatic N) is 4. The number of anilines is 2. The van der Waals surface area contributed by atoms with Gasteiger partial charge in [-0.25, -0.2) is 9.97 Å². The standard InChI is InChI=1S/C24H24N6O2/c1-13-3-4-14(12-31)5-17(13)21-6-15-7-22(26-10-20(15)23(25)28-21)29-24(32)19-8-18(19)16-9-27-30(2)11-16/h3-7,9-11,18-19,31H,8,12H2,1-2H3,(H2,25,28)(H,26,29,32)/t18-,19+/m0/s1. The molecule has 2 atom stereocenters. The van der Waals surface area contributed by atoms with Crippen LogP contribution in [0.3, 0.4) is 0 Å². The van der Waals surface area contributed by atoms with Gasteiger partial charge in [0.2, 0.25) is 5.91 Å². The molecule has 0 aliphatic heterocycles. The van der Waals surface area contributed by atoms with Crippen LogP contribution in [-0.2, 0) is 18.4 Å². The van der Waals surface area contributed by atoms with Crippen molar-refractivity contribution >= 4 is 28.3 Å². The largest absolute Gasteiger partial charge is 0.392 e. The molecule has 1 aliphatic carbocycles. The minimum absolute atomic E-state index is 0.0422. The molecule has 0 unspecified atom stereocenters. The van der Waals surface area contributed by atoms with Crippen LogP contribution in [0, 0.1) is 12.8 Å². The summed E-state index contributed by atoms with van der Waals surface area (Å²) in [5.41, 5.74) is 10.8. The number of fused-ring (bicyclic) bond motifs is 1. The van der Waals surface area contributed by atoms with Crippen LogP contribution < -0.4 is 11.1 Å². The molecule has 0 saturated heterocycles. The normalized spacial score (nSPS) is 17.5. The van der Waals surface area contributed by atoms with Gasteiger partial charge in [0, 0.05) is 36.3 Å². The molecule has 5 rings (SSSR count). The number of hydrogen-bond acceptors (Lipinski definition) is 6. The van der Waals surface area contributed by atoms with Crippen LogP contribution in [0.1, 0.15) is 29.0 Å². The summed E-state index contributed by atoms with van der Waals surface area (Å²) in [6.07, 6.45) is 6.22. The lowest BCUT2D eigenvalue weighted by Gasteiger charge is -2.11. The van der Waals surface area contributed by atoms with Crippen molar-refractivity contribution in [3.05, 3.63) is 65.6 Å². The first-order chi connectivity index (χ1) is 15.4. The van der Waals surface area contributed by atoms with Gasteiger partial charge < -0.3 is 16.2 Å². The van der Waals surface area contributed by atoms with E-state index in [0.717, 1.165) is 39.4 Å². The lowest BCUT2D eigenvalue weighted by Crippen LogP contribution is -2.15.